The molecule has 0 unspecified atom stereocenters. The maximum atomic E-state index is 12.4. The van der Waals surface area contributed by atoms with Gasteiger partial charge in [-0.3, -0.25) is 9.59 Å². The van der Waals surface area contributed by atoms with E-state index in [1.807, 2.05) is 20.8 Å². The van der Waals surface area contributed by atoms with E-state index >= 15 is 0 Å². The fourth-order valence-electron chi connectivity index (χ4n) is 2.42. The molecule has 0 atom stereocenters. The number of allylic oxidation sites excluding steroid dienone is 3. The van der Waals surface area contributed by atoms with Gasteiger partial charge in [-0.2, -0.15) is 0 Å². The van der Waals surface area contributed by atoms with Gasteiger partial charge < -0.3 is 5.32 Å². The molecule has 0 aromatic carbocycles. The summed E-state index contributed by atoms with van der Waals surface area (Å²) >= 11 is 0. The van der Waals surface area contributed by atoms with E-state index in [4.69, 9.17) is 0 Å². The lowest BCUT2D eigenvalue weighted by Crippen LogP contribution is -2.31. The van der Waals surface area contributed by atoms with Crippen molar-refractivity contribution >= 4 is 11.6 Å². The maximum Gasteiger partial charge on any atom is 0.205 e. The van der Waals surface area contributed by atoms with Crippen LogP contribution in [0.1, 0.15) is 66.2 Å². The van der Waals surface area contributed by atoms with Crippen LogP contribution in [-0.4, -0.2) is 18.1 Å². The number of ketones is 2. The average molecular weight is 291 g/mol. The molecule has 1 aliphatic rings. The van der Waals surface area contributed by atoms with Crippen LogP contribution in [0.4, 0.5) is 0 Å². The number of unbranched alkanes of at least 4 members (excludes halogenated alkanes) is 5. The Kier molecular flexibility index (Phi) is 6.86. The van der Waals surface area contributed by atoms with Crippen LogP contribution < -0.4 is 5.32 Å². The summed E-state index contributed by atoms with van der Waals surface area (Å²) in [6.45, 7) is 8.84. The van der Waals surface area contributed by atoms with Crippen LogP contribution in [0.15, 0.2) is 23.4 Å². The third-order valence-electron chi connectivity index (χ3n) is 3.72. The molecule has 0 aromatic heterocycles. The normalized spacial score (nSPS) is 15.8. The highest BCUT2D eigenvalue weighted by Gasteiger charge is 2.29. The summed E-state index contributed by atoms with van der Waals surface area (Å²) in [5.74, 6) is -0.127. The molecule has 21 heavy (non-hydrogen) atoms. The molecule has 3 heteroatoms. The van der Waals surface area contributed by atoms with E-state index < -0.39 is 0 Å². The molecule has 0 fully saturated rings. The molecule has 0 spiro atoms. The van der Waals surface area contributed by atoms with Crippen molar-refractivity contribution in [2.75, 3.05) is 6.54 Å². The summed E-state index contributed by atoms with van der Waals surface area (Å²) in [5, 5.41) is 3.14. The number of hydrogen-bond donors (Lipinski definition) is 1. The molecule has 3 nitrogen and oxygen atoms in total. The standard InChI is InChI=1S/C18H29NO2/c1-5-6-7-8-9-10-11-19-16-13-14(20)12-15(17(16)21)18(2,3)4/h12-13,19H,5-11H2,1-4H3. The second-order valence-electron chi connectivity index (χ2n) is 6.79. The van der Waals surface area contributed by atoms with E-state index in [9.17, 15) is 9.59 Å². The van der Waals surface area contributed by atoms with Crippen molar-refractivity contribution in [2.24, 2.45) is 5.41 Å². The van der Waals surface area contributed by atoms with E-state index in [1.165, 1.54) is 44.3 Å². The zero-order valence-corrected chi connectivity index (χ0v) is 13.9. The Morgan fingerprint density at radius 3 is 2.19 bits per heavy atom. The Balaban J connectivity index is 2.42. The first kappa shape index (κ1) is 17.7. The summed E-state index contributed by atoms with van der Waals surface area (Å²) in [6, 6.07) is 0. The zero-order chi connectivity index (χ0) is 15.9. The van der Waals surface area contributed by atoms with Gasteiger partial charge in [-0.15, -0.1) is 0 Å². The second kappa shape index (κ2) is 8.16. The minimum Gasteiger partial charge on any atom is -0.382 e. The number of carbonyl (C=O) groups excluding carboxylic acids is 2. The molecule has 0 saturated heterocycles. The monoisotopic (exact) mass is 291 g/mol. The number of rotatable bonds is 8. The van der Waals surface area contributed by atoms with Gasteiger partial charge in [-0.1, -0.05) is 59.8 Å². The second-order valence-corrected chi connectivity index (χ2v) is 6.79. The van der Waals surface area contributed by atoms with Crippen molar-refractivity contribution in [1.82, 2.24) is 5.32 Å². The highest BCUT2D eigenvalue weighted by atomic mass is 16.1. The van der Waals surface area contributed by atoms with Gasteiger partial charge in [-0.25, -0.2) is 0 Å². The summed E-state index contributed by atoms with van der Waals surface area (Å²) in [4.78, 5) is 24.1. The number of hydrogen-bond acceptors (Lipinski definition) is 3. The first-order valence-corrected chi connectivity index (χ1v) is 8.12. The average Bonchev–Trinajstić information content (AvgIpc) is 2.39. The van der Waals surface area contributed by atoms with Crippen LogP contribution in [0, 0.1) is 5.41 Å². The van der Waals surface area contributed by atoms with E-state index in [1.54, 1.807) is 0 Å². The summed E-state index contributed by atoms with van der Waals surface area (Å²) in [5.41, 5.74) is 0.759. The molecule has 0 aliphatic heterocycles. The van der Waals surface area contributed by atoms with Gasteiger partial charge in [0.15, 0.2) is 5.78 Å². The quantitative estimate of drug-likeness (QED) is 0.544. The zero-order valence-electron chi connectivity index (χ0n) is 13.9. The number of Topliss-reactive ketones (excluding diaryl/α,β-unsaturated/α-hetero) is 1. The third kappa shape index (κ3) is 5.86. The fraction of sp³-hybridized carbons (Fsp3) is 0.667. The van der Waals surface area contributed by atoms with Gasteiger partial charge >= 0.3 is 0 Å². The molecular weight excluding hydrogens is 262 g/mol. The third-order valence-corrected chi connectivity index (χ3v) is 3.72. The Morgan fingerprint density at radius 2 is 1.57 bits per heavy atom. The van der Waals surface area contributed by atoms with Crippen LogP contribution in [0.3, 0.4) is 0 Å². The molecule has 1 aliphatic carbocycles. The molecule has 118 valence electrons. The van der Waals surface area contributed by atoms with Gasteiger partial charge in [0.25, 0.3) is 0 Å². The lowest BCUT2D eigenvalue weighted by atomic mass is 9.80. The first-order chi connectivity index (χ1) is 9.86. The fourth-order valence-corrected chi connectivity index (χ4v) is 2.42. The molecule has 1 N–H and O–H groups in total. The highest BCUT2D eigenvalue weighted by Crippen LogP contribution is 2.29. The van der Waals surface area contributed by atoms with Crippen LogP contribution in [0.2, 0.25) is 0 Å². The summed E-state index contributed by atoms with van der Waals surface area (Å²) in [6.07, 6.45) is 10.2. The smallest absolute Gasteiger partial charge is 0.205 e. The Labute approximate surface area is 128 Å². The molecule has 0 saturated carbocycles. The van der Waals surface area contributed by atoms with Crippen molar-refractivity contribution in [1.29, 1.82) is 0 Å². The van der Waals surface area contributed by atoms with Gasteiger partial charge in [0.05, 0.1) is 5.70 Å². The van der Waals surface area contributed by atoms with Crippen molar-refractivity contribution in [2.45, 2.75) is 66.2 Å². The van der Waals surface area contributed by atoms with Crippen LogP contribution >= 0.6 is 0 Å². The van der Waals surface area contributed by atoms with E-state index in [-0.39, 0.29) is 17.0 Å². The van der Waals surface area contributed by atoms with Crippen LogP contribution in [-0.2, 0) is 9.59 Å². The minimum absolute atomic E-state index is 0.0342. The predicted molar refractivity (Wildman–Crippen MR) is 87.0 cm³/mol. The molecule has 0 amide bonds. The maximum absolute atomic E-state index is 12.4. The highest BCUT2D eigenvalue weighted by molar-refractivity contribution is 6.20. The topological polar surface area (TPSA) is 46.2 Å². The van der Waals surface area contributed by atoms with Crippen LogP contribution in [0.25, 0.3) is 0 Å². The largest absolute Gasteiger partial charge is 0.382 e. The van der Waals surface area contributed by atoms with E-state index in [2.05, 4.69) is 12.2 Å². The van der Waals surface area contributed by atoms with E-state index in [0.29, 0.717) is 11.3 Å². The van der Waals surface area contributed by atoms with Crippen molar-refractivity contribution < 1.29 is 9.59 Å². The van der Waals surface area contributed by atoms with Crippen molar-refractivity contribution in [3.8, 4) is 0 Å². The van der Waals surface area contributed by atoms with Gasteiger partial charge in [0.2, 0.25) is 5.78 Å². The van der Waals surface area contributed by atoms with Crippen LogP contribution in [0.5, 0.6) is 0 Å². The molecule has 0 bridgehead atoms. The first-order valence-electron chi connectivity index (χ1n) is 8.12. The number of nitrogens with one attached hydrogen (secondary N) is 1. The molecule has 0 aromatic rings. The lowest BCUT2D eigenvalue weighted by Gasteiger charge is -2.25. The predicted octanol–water partition coefficient (Wildman–Crippen LogP) is 3.94. The van der Waals surface area contributed by atoms with Gasteiger partial charge in [0.1, 0.15) is 0 Å². The van der Waals surface area contributed by atoms with Gasteiger partial charge in [0, 0.05) is 18.2 Å². The van der Waals surface area contributed by atoms with Crippen molar-refractivity contribution in [3.63, 3.8) is 0 Å². The van der Waals surface area contributed by atoms with E-state index in [0.717, 1.165) is 13.0 Å². The Hall–Kier alpha value is -1.38. The SMILES string of the molecule is CCCCCCCCNC1=CC(=O)C=C(C(C)(C)C)C1=O. The molecule has 0 radical (unpaired) electrons. The molecule has 1 rings (SSSR count). The number of carbonyl (C=O) groups is 2. The summed E-state index contributed by atoms with van der Waals surface area (Å²) in [7, 11) is 0. The minimum atomic E-state index is -0.298. The Morgan fingerprint density at radius 1 is 0.952 bits per heavy atom. The molecular formula is C18H29NO2. The van der Waals surface area contributed by atoms with Gasteiger partial charge in [-0.05, 0) is 17.9 Å². The Bertz CT molecular complexity index is 439. The van der Waals surface area contributed by atoms with Crippen molar-refractivity contribution in [3.05, 3.63) is 23.4 Å². The summed E-state index contributed by atoms with van der Waals surface area (Å²) < 4.78 is 0. The lowest BCUT2D eigenvalue weighted by molar-refractivity contribution is -0.116. The molecule has 0 heterocycles.